The number of furan rings is 1. The second-order valence-electron chi connectivity index (χ2n) is 7.15. The Morgan fingerprint density at radius 1 is 0.938 bits per heavy atom. The van der Waals surface area contributed by atoms with E-state index in [0.29, 0.717) is 22.7 Å². The van der Waals surface area contributed by atoms with Crippen molar-refractivity contribution in [2.24, 2.45) is 10.1 Å². The fourth-order valence-corrected chi connectivity index (χ4v) is 4.12. The van der Waals surface area contributed by atoms with Crippen molar-refractivity contribution in [3.63, 3.8) is 0 Å². The standard InChI is InChI=1S/C25H19N3O3S/c29-20-11-10-19(22(30)13-20)15-27-28-21(24-12-18-8-4-5-9-23(18)31-24)16-32-25(28)26-14-17-6-2-1-3-7-17/h1-13,15-16,29-30H,14H2. The number of rotatable bonds is 5. The maximum atomic E-state index is 10.1. The van der Waals surface area contributed by atoms with Crippen LogP contribution in [0.2, 0.25) is 0 Å². The van der Waals surface area contributed by atoms with E-state index in [1.54, 1.807) is 10.7 Å². The lowest BCUT2D eigenvalue weighted by atomic mass is 10.2. The predicted molar refractivity (Wildman–Crippen MR) is 126 cm³/mol. The number of hydrogen-bond acceptors (Lipinski definition) is 6. The number of phenols is 2. The van der Waals surface area contributed by atoms with E-state index >= 15 is 0 Å². The van der Waals surface area contributed by atoms with E-state index in [1.165, 1.54) is 29.7 Å². The van der Waals surface area contributed by atoms with Crippen LogP contribution in [0.25, 0.3) is 22.4 Å². The molecule has 5 rings (SSSR count). The molecule has 0 saturated carbocycles. The van der Waals surface area contributed by atoms with E-state index < -0.39 is 0 Å². The van der Waals surface area contributed by atoms with E-state index in [4.69, 9.17) is 9.41 Å². The number of aromatic hydroxyl groups is 2. The Hall–Kier alpha value is -4.10. The summed E-state index contributed by atoms with van der Waals surface area (Å²) < 4.78 is 7.76. The van der Waals surface area contributed by atoms with Gasteiger partial charge in [0.25, 0.3) is 0 Å². The van der Waals surface area contributed by atoms with Crippen LogP contribution in [-0.2, 0) is 6.54 Å². The van der Waals surface area contributed by atoms with Crippen LogP contribution in [0, 0.1) is 0 Å². The lowest BCUT2D eigenvalue weighted by molar-refractivity contribution is 0.450. The van der Waals surface area contributed by atoms with Crippen molar-refractivity contribution in [2.75, 3.05) is 0 Å². The number of aromatic nitrogens is 1. The molecule has 0 radical (unpaired) electrons. The maximum absolute atomic E-state index is 10.1. The smallest absolute Gasteiger partial charge is 0.206 e. The molecule has 7 heteroatoms. The lowest BCUT2D eigenvalue weighted by Gasteiger charge is -2.02. The Labute approximate surface area is 187 Å². The molecule has 0 spiro atoms. The van der Waals surface area contributed by atoms with E-state index in [2.05, 4.69) is 5.10 Å². The Balaban J connectivity index is 1.60. The number of hydrogen-bond donors (Lipinski definition) is 2. The molecule has 0 aliphatic heterocycles. The average molecular weight is 442 g/mol. The highest BCUT2D eigenvalue weighted by Gasteiger charge is 2.13. The van der Waals surface area contributed by atoms with E-state index in [9.17, 15) is 10.2 Å². The number of fused-ring (bicyclic) bond motifs is 1. The lowest BCUT2D eigenvalue weighted by Crippen LogP contribution is -2.12. The van der Waals surface area contributed by atoms with Gasteiger partial charge in [-0.05, 0) is 29.8 Å². The third-order valence-electron chi connectivity index (χ3n) is 4.93. The molecular formula is C25H19N3O3S. The van der Waals surface area contributed by atoms with Gasteiger partial charge < -0.3 is 14.6 Å². The highest BCUT2D eigenvalue weighted by atomic mass is 32.1. The van der Waals surface area contributed by atoms with Crippen LogP contribution < -0.4 is 4.80 Å². The molecule has 0 atom stereocenters. The summed E-state index contributed by atoms with van der Waals surface area (Å²) in [6, 6.07) is 24.2. The molecule has 0 amide bonds. The van der Waals surface area contributed by atoms with Crippen LogP contribution in [0.4, 0.5) is 0 Å². The van der Waals surface area contributed by atoms with Gasteiger partial charge in [0.1, 0.15) is 22.8 Å². The fraction of sp³-hybridized carbons (Fsp3) is 0.0400. The maximum Gasteiger partial charge on any atom is 0.206 e. The Kier molecular flexibility index (Phi) is 5.31. The number of para-hydroxylation sites is 1. The molecule has 32 heavy (non-hydrogen) atoms. The van der Waals surface area contributed by atoms with Gasteiger partial charge >= 0.3 is 0 Å². The van der Waals surface area contributed by atoms with Gasteiger partial charge in [-0.15, -0.1) is 11.3 Å². The van der Waals surface area contributed by atoms with Crippen molar-refractivity contribution in [2.45, 2.75) is 6.54 Å². The van der Waals surface area contributed by atoms with E-state index in [-0.39, 0.29) is 11.5 Å². The molecule has 0 fully saturated rings. The van der Waals surface area contributed by atoms with Gasteiger partial charge in [-0.25, -0.2) is 4.68 Å². The molecule has 0 aliphatic rings. The summed E-state index contributed by atoms with van der Waals surface area (Å²) in [6.45, 7) is 0.515. The first kappa shape index (κ1) is 19.8. The van der Waals surface area contributed by atoms with Crippen molar-refractivity contribution in [3.05, 3.63) is 100 Å². The van der Waals surface area contributed by atoms with Crippen LogP contribution in [0.5, 0.6) is 11.5 Å². The normalized spacial score (nSPS) is 12.2. The summed E-state index contributed by atoms with van der Waals surface area (Å²) in [5, 5.41) is 27.2. The number of benzene rings is 3. The zero-order valence-electron chi connectivity index (χ0n) is 16.9. The minimum Gasteiger partial charge on any atom is -0.508 e. The van der Waals surface area contributed by atoms with Crippen LogP contribution >= 0.6 is 11.3 Å². The van der Waals surface area contributed by atoms with Gasteiger partial charge in [0.15, 0.2) is 5.76 Å². The molecule has 2 aromatic heterocycles. The molecular weight excluding hydrogens is 422 g/mol. The van der Waals surface area contributed by atoms with Crippen LogP contribution in [0.1, 0.15) is 11.1 Å². The molecule has 2 N–H and O–H groups in total. The SMILES string of the molecule is Oc1ccc(C=Nn2c(-c3cc4ccccc4o3)csc2=NCc2ccccc2)c(O)c1. The number of nitrogens with zero attached hydrogens (tertiary/aromatic N) is 3. The largest absolute Gasteiger partial charge is 0.508 e. The molecule has 2 heterocycles. The summed E-state index contributed by atoms with van der Waals surface area (Å²) in [5.41, 5.74) is 3.12. The van der Waals surface area contributed by atoms with Crippen molar-refractivity contribution in [3.8, 4) is 23.0 Å². The average Bonchev–Trinajstić information content (AvgIpc) is 3.41. The van der Waals surface area contributed by atoms with Gasteiger partial charge in [0.2, 0.25) is 4.80 Å². The summed E-state index contributed by atoms with van der Waals surface area (Å²) in [7, 11) is 0. The van der Waals surface area contributed by atoms with Crippen molar-refractivity contribution < 1.29 is 14.6 Å². The minimum absolute atomic E-state index is 0.00986. The third-order valence-corrected chi connectivity index (χ3v) is 5.78. The van der Waals surface area contributed by atoms with Crippen molar-refractivity contribution in [1.29, 1.82) is 0 Å². The first-order valence-corrected chi connectivity index (χ1v) is 10.9. The molecule has 6 nitrogen and oxygen atoms in total. The number of thiazole rings is 1. The van der Waals surface area contributed by atoms with E-state index in [1.807, 2.05) is 66.0 Å². The molecule has 158 valence electrons. The summed E-state index contributed by atoms with van der Waals surface area (Å²) in [5.74, 6) is 0.609. The van der Waals surface area contributed by atoms with Gasteiger partial charge in [-0.3, -0.25) is 4.99 Å². The monoisotopic (exact) mass is 441 g/mol. The molecule has 0 saturated heterocycles. The van der Waals surface area contributed by atoms with Crippen LogP contribution in [-0.4, -0.2) is 21.1 Å². The third kappa shape index (κ3) is 4.06. The molecule has 0 unspecified atom stereocenters. The predicted octanol–water partition coefficient (Wildman–Crippen LogP) is 5.36. The van der Waals surface area contributed by atoms with Crippen molar-refractivity contribution >= 4 is 28.5 Å². The highest BCUT2D eigenvalue weighted by Crippen LogP contribution is 2.28. The van der Waals surface area contributed by atoms with Crippen molar-refractivity contribution in [1.82, 2.24) is 4.68 Å². The molecule has 0 bridgehead atoms. The van der Waals surface area contributed by atoms with Crippen LogP contribution in [0.3, 0.4) is 0 Å². The highest BCUT2D eigenvalue weighted by molar-refractivity contribution is 7.07. The summed E-state index contributed by atoms with van der Waals surface area (Å²) in [4.78, 5) is 5.44. The first-order valence-electron chi connectivity index (χ1n) is 9.97. The van der Waals surface area contributed by atoms with Gasteiger partial charge in [-0.1, -0.05) is 48.5 Å². The topological polar surface area (TPSA) is 83.2 Å². The quantitative estimate of drug-likeness (QED) is 0.360. The minimum atomic E-state index is -0.0577. The molecule has 5 aromatic rings. The van der Waals surface area contributed by atoms with E-state index in [0.717, 1.165) is 22.2 Å². The molecule has 3 aromatic carbocycles. The van der Waals surface area contributed by atoms with Crippen LogP contribution in [0.15, 0.2) is 98.8 Å². The first-order chi connectivity index (χ1) is 15.7. The molecule has 0 aliphatic carbocycles. The second-order valence-corrected chi connectivity index (χ2v) is 7.99. The second kappa shape index (κ2) is 8.56. The van der Waals surface area contributed by atoms with Gasteiger partial charge in [-0.2, -0.15) is 5.10 Å². The van der Waals surface area contributed by atoms with Gasteiger partial charge in [0.05, 0.1) is 12.8 Å². The summed E-state index contributed by atoms with van der Waals surface area (Å²) in [6.07, 6.45) is 1.54. The number of phenolic OH excluding ortho intramolecular Hbond substituents is 2. The Morgan fingerprint density at radius 3 is 2.56 bits per heavy atom. The van der Waals surface area contributed by atoms with Gasteiger partial charge in [0, 0.05) is 22.4 Å². The summed E-state index contributed by atoms with van der Waals surface area (Å²) >= 11 is 1.46. The fourth-order valence-electron chi connectivity index (χ4n) is 3.30. The Morgan fingerprint density at radius 2 is 1.75 bits per heavy atom. The Bertz CT molecular complexity index is 1450. The zero-order chi connectivity index (χ0) is 21.9. The zero-order valence-corrected chi connectivity index (χ0v) is 17.7.